The van der Waals surface area contributed by atoms with Gasteiger partial charge >= 0.3 is 0 Å². The lowest BCUT2D eigenvalue weighted by atomic mass is 9.99. The highest BCUT2D eigenvalue weighted by molar-refractivity contribution is 6.37. The lowest BCUT2D eigenvalue weighted by Crippen LogP contribution is -2.79. The summed E-state index contributed by atoms with van der Waals surface area (Å²) in [5, 5.41) is 17.9. The van der Waals surface area contributed by atoms with E-state index in [2.05, 4.69) is 57.5 Å². The number of rotatable bonds is 7. The zero-order chi connectivity index (χ0) is 14.7. The molecule has 0 bridgehead atoms. The zero-order valence-corrected chi connectivity index (χ0v) is 15.1. The van der Waals surface area contributed by atoms with Crippen molar-refractivity contribution >= 4 is 9.68 Å². The van der Waals surface area contributed by atoms with Gasteiger partial charge in [-0.15, -0.1) is 0 Å². The molecular formula is C14H34N4Si. The first-order chi connectivity index (χ1) is 8.77. The van der Waals surface area contributed by atoms with E-state index < -0.39 is 9.68 Å². The molecule has 0 aromatic heterocycles. The van der Waals surface area contributed by atoms with Crippen LogP contribution in [0, 0.1) is 0 Å². The van der Waals surface area contributed by atoms with Crippen molar-refractivity contribution in [2.24, 2.45) is 5.40 Å². The molecule has 0 aliphatic heterocycles. The van der Waals surface area contributed by atoms with Crippen molar-refractivity contribution in [2.75, 3.05) is 0 Å². The Kier molecular flexibility index (Phi) is 6.01. The van der Waals surface area contributed by atoms with Crippen LogP contribution in [0.5, 0.6) is 0 Å². The van der Waals surface area contributed by atoms with Gasteiger partial charge in [0.05, 0.1) is 10.8 Å². The van der Waals surface area contributed by atoms with E-state index in [-0.39, 0.29) is 10.8 Å². The SMILES string of the molecule is CC(C)NC1(NC(C)C)CCCC1(NC(C)C)[SiH2]N. The maximum Gasteiger partial charge on any atom is 0.114 e. The van der Waals surface area contributed by atoms with E-state index in [0.29, 0.717) is 18.1 Å². The summed E-state index contributed by atoms with van der Waals surface area (Å²) in [4.78, 5) is 0. The quantitative estimate of drug-likeness (QED) is 0.409. The minimum Gasteiger partial charge on any atom is -0.354 e. The summed E-state index contributed by atoms with van der Waals surface area (Å²) in [6, 6.07) is 1.38. The van der Waals surface area contributed by atoms with Crippen LogP contribution >= 0.6 is 0 Å². The molecule has 1 aliphatic rings. The van der Waals surface area contributed by atoms with E-state index in [4.69, 9.17) is 5.40 Å². The van der Waals surface area contributed by atoms with Crippen LogP contribution < -0.4 is 21.3 Å². The third-order valence-electron chi connectivity index (χ3n) is 3.96. The Hall–Kier alpha value is 0.0569. The van der Waals surface area contributed by atoms with E-state index >= 15 is 0 Å². The van der Waals surface area contributed by atoms with Crippen molar-refractivity contribution in [1.29, 1.82) is 0 Å². The van der Waals surface area contributed by atoms with Crippen LogP contribution in [0.2, 0.25) is 0 Å². The molecule has 0 saturated heterocycles. The summed E-state index contributed by atoms with van der Waals surface area (Å²) in [6.45, 7) is 13.3. The van der Waals surface area contributed by atoms with Crippen LogP contribution in [0.15, 0.2) is 0 Å². The molecule has 0 radical (unpaired) electrons. The Balaban J connectivity index is 3.08. The van der Waals surface area contributed by atoms with Gasteiger partial charge in [0.25, 0.3) is 0 Å². The van der Waals surface area contributed by atoms with Gasteiger partial charge in [0.15, 0.2) is 0 Å². The normalized spacial score (nSPS) is 27.5. The largest absolute Gasteiger partial charge is 0.354 e. The zero-order valence-electron chi connectivity index (χ0n) is 13.6. The van der Waals surface area contributed by atoms with Crippen LogP contribution in [0.1, 0.15) is 60.8 Å². The lowest BCUT2D eigenvalue weighted by molar-refractivity contribution is 0.146. The highest BCUT2D eigenvalue weighted by atomic mass is 28.2. The summed E-state index contributed by atoms with van der Waals surface area (Å²) in [7, 11) is -0.685. The fourth-order valence-corrected chi connectivity index (χ4v) is 5.35. The maximum absolute atomic E-state index is 6.34. The predicted molar refractivity (Wildman–Crippen MR) is 86.9 cm³/mol. The van der Waals surface area contributed by atoms with E-state index in [9.17, 15) is 0 Å². The summed E-state index contributed by atoms with van der Waals surface area (Å²) >= 11 is 0. The molecule has 0 aromatic rings. The second-order valence-corrected chi connectivity index (χ2v) is 8.56. The molecule has 1 saturated carbocycles. The molecule has 5 heteroatoms. The Bertz CT molecular complexity index is 271. The molecule has 1 rings (SSSR count). The first-order valence-corrected chi connectivity index (χ1v) is 9.32. The van der Waals surface area contributed by atoms with Gasteiger partial charge in [-0.05, 0) is 47.0 Å². The molecule has 19 heavy (non-hydrogen) atoms. The summed E-state index contributed by atoms with van der Waals surface area (Å²) in [5.41, 5.74) is -0.0411. The molecule has 1 unspecified atom stereocenters. The molecule has 0 amide bonds. The van der Waals surface area contributed by atoms with Gasteiger partial charge in [-0.2, -0.15) is 0 Å². The van der Waals surface area contributed by atoms with E-state index in [0.717, 1.165) is 6.42 Å². The van der Waals surface area contributed by atoms with Crippen molar-refractivity contribution in [3.05, 3.63) is 0 Å². The standard InChI is InChI=1S/C14H34N4Si/c1-10(2)16-13(17-11(3)4)8-7-9-14(13,19-15)18-12(5)6/h10-12,16-18H,7-9,15,19H2,1-6H3. The van der Waals surface area contributed by atoms with Crippen LogP contribution in [0.4, 0.5) is 0 Å². The summed E-state index contributed by atoms with van der Waals surface area (Å²) in [6.07, 6.45) is 3.59. The molecule has 4 nitrogen and oxygen atoms in total. The molecule has 0 heterocycles. The highest BCUT2D eigenvalue weighted by Gasteiger charge is 2.54. The van der Waals surface area contributed by atoms with Crippen molar-refractivity contribution in [1.82, 2.24) is 16.0 Å². The van der Waals surface area contributed by atoms with Gasteiger partial charge in [-0.3, -0.25) is 10.6 Å². The number of hydrogen-bond acceptors (Lipinski definition) is 4. The maximum atomic E-state index is 6.34. The Morgan fingerprint density at radius 1 is 0.842 bits per heavy atom. The van der Waals surface area contributed by atoms with Crippen LogP contribution in [-0.2, 0) is 0 Å². The summed E-state index contributed by atoms with van der Waals surface area (Å²) in [5.74, 6) is 0. The molecule has 1 aliphatic carbocycles. The first-order valence-electron chi connectivity index (χ1n) is 7.80. The van der Waals surface area contributed by atoms with E-state index in [1.807, 2.05) is 0 Å². The lowest BCUT2D eigenvalue weighted by Gasteiger charge is -2.50. The second kappa shape index (κ2) is 6.67. The van der Waals surface area contributed by atoms with Crippen molar-refractivity contribution in [3.8, 4) is 0 Å². The Labute approximate surface area is 121 Å². The minimum atomic E-state index is -0.685. The Morgan fingerprint density at radius 2 is 1.32 bits per heavy atom. The van der Waals surface area contributed by atoms with Crippen molar-refractivity contribution < 1.29 is 0 Å². The highest BCUT2D eigenvalue weighted by Crippen LogP contribution is 2.37. The topological polar surface area (TPSA) is 62.1 Å². The fourth-order valence-electron chi connectivity index (χ4n) is 3.64. The number of hydrogen-bond donors (Lipinski definition) is 4. The molecule has 5 N–H and O–H groups in total. The van der Waals surface area contributed by atoms with Gasteiger partial charge in [0.2, 0.25) is 0 Å². The minimum absolute atomic E-state index is 0.0411. The number of nitrogens with two attached hydrogens (primary N) is 1. The smallest absolute Gasteiger partial charge is 0.114 e. The average Bonchev–Trinajstić information content (AvgIpc) is 2.54. The number of nitrogens with one attached hydrogen (secondary N) is 3. The average molecular weight is 287 g/mol. The third-order valence-corrected chi connectivity index (χ3v) is 5.81. The molecule has 114 valence electrons. The van der Waals surface area contributed by atoms with Gasteiger partial charge < -0.3 is 10.7 Å². The van der Waals surface area contributed by atoms with Crippen LogP contribution in [0.25, 0.3) is 0 Å². The van der Waals surface area contributed by atoms with Crippen molar-refractivity contribution in [3.63, 3.8) is 0 Å². The second-order valence-electron chi connectivity index (χ2n) is 6.94. The van der Waals surface area contributed by atoms with Gasteiger partial charge in [0, 0.05) is 18.1 Å². The van der Waals surface area contributed by atoms with Crippen LogP contribution in [0.3, 0.4) is 0 Å². The molecular weight excluding hydrogens is 252 g/mol. The molecule has 1 atom stereocenters. The van der Waals surface area contributed by atoms with Crippen molar-refractivity contribution in [2.45, 2.75) is 89.8 Å². The summed E-state index contributed by atoms with van der Waals surface area (Å²) < 4.78 is 0. The third kappa shape index (κ3) is 3.79. The molecule has 0 spiro atoms. The van der Waals surface area contributed by atoms with E-state index in [1.54, 1.807) is 0 Å². The molecule has 0 aromatic carbocycles. The van der Waals surface area contributed by atoms with Gasteiger partial charge in [-0.1, -0.05) is 13.8 Å². The first kappa shape index (κ1) is 17.1. The van der Waals surface area contributed by atoms with Gasteiger partial charge in [0.1, 0.15) is 9.68 Å². The monoisotopic (exact) mass is 286 g/mol. The van der Waals surface area contributed by atoms with Gasteiger partial charge in [-0.25, -0.2) is 0 Å². The fraction of sp³-hybridized carbons (Fsp3) is 1.00. The van der Waals surface area contributed by atoms with Crippen LogP contribution in [-0.4, -0.2) is 38.6 Å². The predicted octanol–water partition coefficient (Wildman–Crippen LogP) is 0.599. The molecule has 1 fully saturated rings. The van der Waals surface area contributed by atoms with E-state index in [1.165, 1.54) is 12.8 Å². The Morgan fingerprint density at radius 3 is 1.68 bits per heavy atom.